The third kappa shape index (κ3) is 5.39. The predicted octanol–water partition coefficient (Wildman–Crippen LogP) is 6.92. The molecule has 0 saturated carbocycles. The van der Waals surface area contributed by atoms with E-state index in [0.29, 0.717) is 44.6 Å². The number of fused-ring (bicyclic) bond motifs is 1. The van der Waals surface area contributed by atoms with Crippen LogP contribution in [0.15, 0.2) is 93.7 Å². The van der Waals surface area contributed by atoms with Crippen molar-refractivity contribution in [2.24, 2.45) is 0 Å². The van der Waals surface area contributed by atoms with Gasteiger partial charge < -0.3 is 15.4 Å². The summed E-state index contributed by atoms with van der Waals surface area (Å²) in [6.07, 6.45) is 0. The molecule has 2 heterocycles. The van der Waals surface area contributed by atoms with Gasteiger partial charge in [-0.15, -0.1) is 5.10 Å². The number of ether oxygens (including phenoxy) is 1. The van der Waals surface area contributed by atoms with Gasteiger partial charge in [0.15, 0.2) is 0 Å². The normalized spacial score (nSPS) is 14.6. The van der Waals surface area contributed by atoms with Gasteiger partial charge in [0, 0.05) is 22.2 Å². The van der Waals surface area contributed by atoms with Crippen molar-refractivity contribution in [2.75, 3.05) is 17.7 Å². The van der Waals surface area contributed by atoms with Gasteiger partial charge >= 0.3 is 0 Å². The number of benzene rings is 3. The highest BCUT2D eigenvalue weighted by Crippen LogP contribution is 2.39. The lowest BCUT2D eigenvalue weighted by Crippen LogP contribution is -2.31. The van der Waals surface area contributed by atoms with Gasteiger partial charge in [-0.1, -0.05) is 65.8 Å². The molecule has 0 saturated heterocycles. The molecule has 1 aromatic heterocycles. The number of nitrogens with one attached hydrogen (secondary N) is 2. The van der Waals surface area contributed by atoms with Gasteiger partial charge in [-0.3, -0.25) is 4.79 Å². The van der Waals surface area contributed by atoms with Crippen LogP contribution in [0.5, 0.6) is 5.75 Å². The zero-order chi connectivity index (χ0) is 25.9. The van der Waals surface area contributed by atoms with Crippen LogP contribution in [0.4, 0.5) is 11.6 Å². The molecule has 1 aliphatic rings. The Morgan fingerprint density at radius 3 is 2.65 bits per heavy atom. The molecule has 2 N–H and O–H groups in total. The number of methoxy groups -OCH3 is 1. The van der Waals surface area contributed by atoms with Gasteiger partial charge in [-0.05, 0) is 64.3 Å². The van der Waals surface area contributed by atoms with E-state index in [9.17, 15) is 4.79 Å². The van der Waals surface area contributed by atoms with Gasteiger partial charge in [0.1, 0.15) is 11.8 Å². The number of hydrogen-bond acceptors (Lipinski definition) is 6. The fourth-order valence-corrected chi connectivity index (χ4v) is 5.80. The first-order chi connectivity index (χ1) is 17.9. The van der Waals surface area contributed by atoms with Crippen molar-refractivity contribution >= 4 is 56.8 Å². The van der Waals surface area contributed by atoms with Crippen LogP contribution in [0.2, 0.25) is 5.02 Å². The van der Waals surface area contributed by atoms with Crippen molar-refractivity contribution in [1.29, 1.82) is 0 Å². The Balaban J connectivity index is 1.52. The molecule has 3 aromatic carbocycles. The van der Waals surface area contributed by atoms with E-state index < -0.39 is 6.04 Å². The van der Waals surface area contributed by atoms with Crippen LogP contribution in [-0.4, -0.2) is 27.8 Å². The molecule has 0 radical (unpaired) electrons. The average Bonchev–Trinajstić information content (AvgIpc) is 3.30. The summed E-state index contributed by atoms with van der Waals surface area (Å²) in [5.74, 6) is 1.66. The summed E-state index contributed by atoms with van der Waals surface area (Å²) in [4.78, 5) is 18.3. The highest BCUT2D eigenvalue weighted by atomic mass is 79.9. The van der Waals surface area contributed by atoms with Crippen LogP contribution in [0.3, 0.4) is 0 Å². The summed E-state index contributed by atoms with van der Waals surface area (Å²) in [5, 5.41) is 12.4. The molecule has 0 spiro atoms. The highest BCUT2D eigenvalue weighted by Gasteiger charge is 2.34. The van der Waals surface area contributed by atoms with Gasteiger partial charge in [0.2, 0.25) is 11.1 Å². The lowest BCUT2D eigenvalue weighted by molar-refractivity contribution is -0.113. The standard InChI is InChI=1S/C27H23BrClN5O2S/c1-16-23(25(35)31-19-9-4-3-5-10-19)24(17-12-13-22(36-2)20(28)14-17)34-26(30-16)32-27(33-34)37-15-18-8-6-7-11-21(18)29/h3-14,24H,15H2,1-2H3,(H,31,35)(H,30,32,33). The van der Waals surface area contributed by atoms with Crippen LogP contribution in [0.25, 0.3) is 0 Å². The predicted molar refractivity (Wildman–Crippen MR) is 151 cm³/mol. The number of aromatic nitrogens is 3. The zero-order valence-electron chi connectivity index (χ0n) is 20.0. The highest BCUT2D eigenvalue weighted by molar-refractivity contribution is 9.10. The Kier molecular flexibility index (Phi) is 7.55. The molecule has 0 fully saturated rings. The second-order valence-electron chi connectivity index (χ2n) is 8.32. The summed E-state index contributed by atoms with van der Waals surface area (Å²) in [6, 6.07) is 22.3. The maximum Gasteiger partial charge on any atom is 0.255 e. The van der Waals surface area contributed by atoms with Gasteiger partial charge in [-0.2, -0.15) is 4.98 Å². The second kappa shape index (κ2) is 11.0. The first-order valence-corrected chi connectivity index (χ1v) is 13.6. The van der Waals surface area contributed by atoms with Crippen molar-refractivity contribution in [1.82, 2.24) is 14.8 Å². The van der Waals surface area contributed by atoms with E-state index in [4.69, 9.17) is 26.4 Å². The minimum absolute atomic E-state index is 0.223. The minimum Gasteiger partial charge on any atom is -0.496 e. The number of rotatable bonds is 7. The van der Waals surface area contributed by atoms with Crippen LogP contribution in [0, 0.1) is 0 Å². The van der Waals surface area contributed by atoms with Crippen LogP contribution in [-0.2, 0) is 10.5 Å². The summed E-state index contributed by atoms with van der Waals surface area (Å²) < 4.78 is 7.96. The topological polar surface area (TPSA) is 81.1 Å². The summed E-state index contributed by atoms with van der Waals surface area (Å²) in [5.41, 5.74) is 3.82. The van der Waals surface area contributed by atoms with Gasteiger partial charge in [-0.25, -0.2) is 4.68 Å². The second-order valence-corrected chi connectivity index (χ2v) is 10.5. The molecule has 1 aliphatic heterocycles. The molecule has 0 bridgehead atoms. The van der Waals surface area contributed by atoms with E-state index in [-0.39, 0.29) is 5.91 Å². The number of thioether (sulfide) groups is 1. The molecule has 7 nitrogen and oxygen atoms in total. The maximum atomic E-state index is 13.6. The summed E-state index contributed by atoms with van der Waals surface area (Å²) in [6.45, 7) is 1.88. The molecule has 0 aliphatic carbocycles. The van der Waals surface area contributed by atoms with Crippen LogP contribution >= 0.6 is 39.3 Å². The molecule has 10 heteroatoms. The van der Waals surface area contributed by atoms with Crippen molar-refractivity contribution in [3.05, 3.63) is 105 Å². The molecular formula is C27H23BrClN5O2S. The molecule has 5 rings (SSSR count). The van der Waals surface area contributed by atoms with Crippen molar-refractivity contribution < 1.29 is 9.53 Å². The molecule has 1 unspecified atom stereocenters. The molecular weight excluding hydrogens is 574 g/mol. The Labute approximate surface area is 232 Å². The number of carbonyl (C=O) groups excluding carboxylic acids is 1. The Bertz CT molecular complexity index is 1490. The first-order valence-electron chi connectivity index (χ1n) is 11.4. The molecule has 1 atom stereocenters. The van der Waals surface area contributed by atoms with E-state index in [1.165, 1.54) is 11.8 Å². The lowest BCUT2D eigenvalue weighted by atomic mass is 9.95. The van der Waals surface area contributed by atoms with E-state index in [0.717, 1.165) is 15.6 Å². The molecule has 188 valence electrons. The minimum atomic E-state index is -0.510. The largest absolute Gasteiger partial charge is 0.496 e. The lowest BCUT2D eigenvalue weighted by Gasteiger charge is -2.29. The van der Waals surface area contributed by atoms with Crippen molar-refractivity contribution in [3.63, 3.8) is 0 Å². The third-order valence-electron chi connectivity index (χ3n) is 5.92. The molecule has 4 aromatic rings. The van der Waals surface area contributed by atoms with E-state index in [1.54, 1.807) is 11.8 Å². The first kappa shape index (κ1) is 25.4. The number of nitrogens with zero attached hydrogens (tertiary/aromatic N) is 3. The van der Waals surface area contributed by atoms with Gasteiger partial charge in [0.25, 0.3) is 5.91 Å². The van der Waals surface area contributed by atoms with Gasteiger partial charge in [0.05, 0.1) is 17.2 Å². The number of carbonyl (C=O) groups is 1. The molecule has 1 amide bonds. The Morgan fingerprint density at radius 1 is 1.16 bits per heavy atom. The summed E-state index contributed by atoms with van der Waals surface area (Å²) >= 11 is 11.4. The number of anilines is 2. The van der Waals surface area contributed by atoms with E-state index in [2.05, 4.69) is 26.6 Å². The number of amides is 1. The number of halogens is 2. The number of hydrogen-bond donors (Lipinski definition) is 2. The fourth-order valence-electron chi connectivity index (χ4n) is 4.13. The number of allylic oxidation sites excluding steroid dienone is 1. The SMILES string of the molecule is COc1ccc(C2C(C(=O)Nc3ccccc3)=C(C)Nc3nc(SCc4ccccc4Cl)nn32)cc1Br. The number of para-hydroxylation sites is 1. The smallest absolute Gasteiger partial charge is 0.255 e. The fraction of sp³-hybridized carbons (Fsp3) is 0.148. The van der Waals surface area contributed by atoms with Crippen LogP contribution < -0.4 is 15.4 Å². The Morgan fingerprint density at radius 2 is 1.92 bits per heavy atom. The average molecular weight is 597 g/mol. The zero-order valence-corrected chi connectivity index (χ0v) is 23.2. The maximum absolute atomic E-state index is 13.6. The van der Waals surface area contributed by atoms with Crippen molar-refractivity contribution in [3.8, 4) is 5.75 Å². The quantitative estimate of drug-likeness (QED) is 0.225. The van der Waals surface area contributed by atoms with Crippen LogP contribution in [0.1, 0.15) is 24.1 Å². The Hall–Kier alpha value is -3.27. The summed E-state index contributed by atoms with van der Waals surface area (Å²) in [7, 11) is 1.62. The van der Waals surface area contributed by atoms with E-state index in [1.807, 2.05) is 79.7 Å². The third-order valence-corrected chi connectivity index (χ3v) is 7.79. The van der Waals surface area contributed by atoms with E-state index >= 15 is 0 Å². The molecule has 37 heavy (non-hydrogen) atoms. The monoisotopic (exact) mass is 595 g/mol. The van der Waals surface area contributed by atoms with Crippen molar-refractivity contribution in [2.45, 2.75) is 23.9 Å².